The van der Waals surface area contributed by atoms with Crippen LogP contribution in [0.15, 0.2) is 12.1 Å². The van der Waals surface area contributed by atoms with Crippen LogP contribution >= 0.6 is 34.8 Å². The summed E-state index contributed by atoms with van der Waals surface area (Å²) in [5.41, 5.74) is 0. The van der Waals surface area contributed by atoms with Gasteiger partial charge in [-0.2, -0.15) is 0 Å². The Kier molecular flexibility index (Phi) is 5.19. The molecule has 0 fully saturated rings. The molecule has 1 radical (unpaired) electrons. The van der Waals surface area contributed by atoms with Crippen LogP contribution in [0, 0.1) is 0 Å². The van der Waals surface area contributed by atoms with E-state index in [0.717, 1.165) is 0 Å². The fourth-order valence-corrected chi connectivity index (χ4v) is 1.05. The summed E-state index contributed by atoms with van der Waals surface area (Å²) in [6.07, 6.45) is 0. The van der Waals surface area contributed by atoms with Gasteiger partial charge in [0.2, 0.25) is 0 Å². The third-order valence-corrected chi connectivity index (χ3v) is 2.30. The van der Waals surface area contributed by atoms with Crippen LogP contribution in [0.4, 0.5) is 0 Å². The standard InChI is InChI=1S/C6H3Cl3O.Na/c7-3-1-2-4(10)6(9)5(3)8;/h1-2,10H;. The largest absolute Gasteiger partial charge is 0.506 e. The fourth-order valence-electron chi connectivity index (χ4n) is 0.516. The van der Waals surface area contributed by atoms with Crippen LogP contribution in [0.3, 0.4) is 0 Å². The van der Waals surface area contributed by atoms with Gasteiger partial charge in [-0.15, -0.1) is 0 Å². The normalized spacial score (nSPS) is 9.00. The van der Waals surface area contributed by atoms with E-state index in [1.807, 2.05) is 0 Å². The number of hydrogen-bond donors (Lipinski definition) is 1. The van der Waals surface area contributed by atoms with Crippen LogP contribution in [0.25, 0.3) is 0 Å². The predicted molar refractivity (Wildman–Crippen MR) is 48.9 cm³/mol. The molecule has 0 aromatic heterocycles. The first-order valence-electron chi connectivity index (χ1n) is 2.45. The monoisotopic (exact) mass is 219 g/mol. The van der Waals surface area contributed by atoms with E-state index in [0.29, 0.717) is 5.02 Å². The molecule has 0 bridgehead atoms. The molecule has 1 rings (SSSR count). The van der Waals surface area contributed by atoms with Crippen molar-refractivity contribution in [2.75, 3.05) is 0 Å². The first kappa shape index (κ1) is 11.9. The second kappa shape index (κ2) is 4.80. The number of aromatic hydroxyl groups is 1. The van der Waals surface area contributed by atoms with E-state index in [9.17, 15) is 0 Å². The van der Waals surface area contributed by atoms with Crippen molar-refractivity contribution in [3.63, 3.8) is 0 Å². The maximum atomic E-state index is 8.95. The number of phenols is 1. The third kappa shape index (κ3) is 2.69. The quantitative estimate of drug-likeness (QED) is 0.526. The van der Waals surface area contributed by atoms with Crippen LogP contribution in [-0.2, 0) is 0 Å². The minimum atomic E-state index is -0.0592. The maximum absolute atomic E-state index is 8.95. The van der Waals surface area contributed by atoms with Crippen LogP contribution in [-0.4, -0.2) is 34.7 Å². The molecule has 0 aliphatic heterocycles. The number of halogens is 3. The molecule has 0 amide bonds. The summed E-state index contributed by atoms with van der Waals surface area (Å²) in [6, 6.07) is 2.86. The molecule has 0 atom stereocenters. The molecule has 0 unspecified atom stereocenters. The van der Waals surface area contributed by atoms with Crippen LogP contribution in [0.2, 0.25) is 15.1 Å². The van der Waals surface area contributed by atoms with Crippen LogP contribution < -0.4 is 0 Å². The van der Waals surface area contributed by atoms with Gasteiger partial charge in [0.15, 0.2) is 0 Å². The van der Waals surface area contributed by atoms with Crippen molar-refractivity contribution in [3.05, 3.63) is 27.2 Å². The summed E-state index contributed by atoms with van der Waals surface area (Å²) in [5.74, 6) is -0.0592. The molecule has 0 saturated carbocycles. The molecule has 0 spiro atoms. The maximum Gasteiger partial charge on any atom is 0.135 e. The molecule has 0 aliphatic carbocycles. The van der Waals surface area contributed by atoms with Crippen molar-refractivity contribution in [1.29, 1.82) is 0 Å². The van der Waals surface area contributed by atoms with Crippen molar-refractivity contribution in [2.24, 2.45) is 0 Å². The van der Waals surface area contributed by atoms with E-state index >= 15 is 0 Å². The van der Waals surface area contributed by atoms with Crippen molar-refractivity contribution in [1.82, 2.24) is 0 Å². The number of phenolic OH excluding ortho intramolecular Hbond substituents is 1. The first-order chi connectivity index (χ1) is 4.63. The average Bonchev–Trinajstić information content (AvgIpc) is 1.93. The summed E-state index contributed by atoms with van der Waals surface area (Å²) in [6.45, 7) is 0. The molecule has 0 aliphatic rings. The van der Waals surface area contributed by atoms with Crippen molar-refractivity contribution in [3.8, 4) is 5.75 Å². The molecular weight excluding hydrogens is 217 g/mol. The van der Waals surface area contributed by atoms with E-state index < -0.39 is 0 Å². The zero-order valence-electron chi connectivity index (χ0n) is 5.74. The van der Waals surface area contributed by atoms with Gasteiger partial charge in [-0.1, -0.05) is 34.8 Å². The first-order valence-corrected chi connectivity index (χ1v) is 3.59. The van der Waals surface area contributed by atoms with Gasteiger partial charge in [-0.05, 0) is 12.1 Å². The van der Waals surface area contributed by atoms with Gasteiger partial charge in [-0.25, -0.2) is 0 Å². The molecule has 0 saturated heterocycles. The summed E-state index contributed by atoms with van der Waals surface area (Å²) in [4.78, 5) is 0. The van der Waals surface area contributed by atoms with Crippen LogP contribution in [0.5, 0.6) is 5.75 Å². The van der Waals surface area contributed by atoms with Gasteiger partial charge >= 0.3 is 0 Å². The Morgan fingerprint density at radius 2 is 1.55 bits per heavy atom. The van der Waals surface area contributed by atoms with Gasteiger partial charge in [0.1, 0.15) is 10.8 Å². The Morgan fingerprint density at radius 1 is 1.00 bits per heavy atom. The summed E-state index contributed by atoms with van der Waals surface area (Å²) in [5, 5.41) is 9.56. The van der Waals surface area contributed by atoms with E-state index in [-0.39, 0.29) is 45.4 Å². The molecule has 55 valence electrons. The minimum Gasteiger partial charge on any atom is -0.506 e. The van der Waals surface area contributed by atoms with Gasteiger partial charge < -0.3 is 5.11 Å². The van der Waals surface area contributed by atoms with E-state index in [4.69, 9.17) is 39.9 Å². The Labute approximate surface area is 102 Å². The Hall–Kier alpha value is 0.890. The molecule has 11 heavy (non-hydrogen) atoms. The molecule has 0 heterocycles. The molecular formula is C6H3Cl3NaO. The minimum absolute atomic E-state index is 0. The van der Waals surface area contributed by atoms with Gasteiger partial charge in [-0.3, -0.25) is 0 Å². The SMILES string of the molecule is Oc1ccc(Cl)c(Cl)c1Cl.[Na]. The van der Waals surface area contributed by atoms with Crippen molar-refractivity contribution in [2.45, 2.75) is 0 Å². The van der Waals surface area contributed by atoms with Gasteiger partial charge in [0, 0.05) is 29.6 Å². The van der Waals surface area contributed by atoms with Crippen LogP contribution in [0.1, 0.15) is 0 Å². The molecule has 1 N–H and O–H groups in total. The average molecular weight is 220 g/mol. The predicted octanol–water partition coefficient (Wildman–Crippen LogP) is 2.97. The topological polar surface area (TPSA) is 20.2 Å². The van der Waals surface area contributed by atoms with Crippen molar-refractivity contribution >= 4 is 64.4 Å². The van der Waals surface area contributed by atoms with E-state index in [1.165, 1.54) is 12.1 Å². The smallest absolute Gasteiger partial charge is 0.135 e. The summed E-state index contributed by atoms with van der Waals surface area (Å²) >= 11 is 16.6. The molecule has 5 heteroatoms. The zero-order valence-corrected chi connectivity index (χ0v) is 10.0. The second-order valence-corrected chi connectivity index (χ2v) is 2.86. The number of benzene rings is 1. The molecule has 1 nitrogen and oxygen atoms in total. The number of rotatable bonds is 0. The zero-order chi connectivity index (χ0) is 7.72. The van der Waals surface area contributed by atoms with E-state index in [2.05, 4.69) is 0 Å². The molecule has 1 aromatic carbocycles. The van der Waals surface area contributed by atoms with Crippen molar-refractivity contribution < 1.29 is 5.11 Å². The fraction of sp³-hybridized carbons (Fsp3) is 0. The Balaban J connectivity index is 0.000001000. The van der Waals surface area contributed by atoms with Gasteiger partial charge in [0.25, 0.3) is 0 Å². The van der Waals surface area contributed by atoms with Gasteiger partial charge in [0.05, 0.1) is 10.0 Å². The third-order valence-electron chi connectivity index (χ3n) is 1.01. The Bertz CT molecular complexity index is 237. The van der Waals surface area contributed by atoms with E-state index in [1.54, 1.807) is 0 Å². The number of hydrogen-bond acceptors (Lipinski definition) is 1. The summed E-state index contributed by atoms with van der Waals surface area (Å²) < 4.78 is 0. The Morgan fingerprint density at radius 3 is 2.00 bits per heavy atom. The second-order valence-electron chi connectivity index (χ2n) is 1.69. The summed E-state index contributed by atoms with van der Waals surface area (Å²) in [7, 11) is 0. The molecule has 1 aromatic rings.